The fourth-order valence-electron chi connectivity index (χ4n) is 0.416. The Bertz CT molecular complexity index is 220. The Kier molecular flexibility index (Phi) is 7.28. The van der Waals surface area contributed by atoms with Gasteiger partial charge in [0.15, 0.2) is 7.37 Å². The zero-order valence-corrected chi connectivity index (χ0v) is 6.88. The number of Topliss-reactive ketones (excluding diaryl/α,β-unsaturated/α-hetero) is 1. The molecule has 7 heteroatoms. The molecule has 0 aromatic heterocycles. The quantitative estimate of drug-likeness (QED) is 0.358. The molecule has 2 N–H and O–H groups in total. The average molecular weight is 204 g/mol. The molecule has 1 atom stereocenters. The third kappa shape index (κ3) is 8.43. The number of hydrogen-bond donors (Lipinski definition) is 2. The predicted octanol–water partition coefficient (Wildman–Crippen LogP) is -0.718. The molecule has 0 heterocycles. The van der Waals surface area contributed by atoms with Gasteiger partial charge in [-0.2, -0.15) is 0 Å². The number of carboxylic acids is 1. The van der Waals surface area contributed by atoms with E-state index in [-0.39, 0.29) is 42.1 Å². The van der Waals surface area contributed by atoms with E-state index in [2.05, 4.69) is 0 Å². The minimum atomic E-state index is -3.24. The van der Waals surface area contributed by atoms with Crippen LogP contribution in [0, 0.1) is 0 Å². The molecule has 0 saturated carbocycles. The van der Waals surface area contributed by atoms with E-state index in [0.29, 0.717) is 0 Å². The van der Waals surface area contributed by atoms with Gasteiger partial charge in [-0.25, -0.2) is 4.79 Å². The van der Waals surface area contributed by atoms with Crippen LogP contribution in [0.5, 0.6) is 0 Å². The monoisotopic (exact) mass is 204 g/mol. The van der Waals surface area contributed by atoms with Crippen LogP contribution >= 0.6 is 7.37 Å². The second-order valence-electron chi connectivity index (χ2n) is 2.25. The molecule has 1 unspecified atom stereocenters. The molecule has 12 heavy (non-hydrogen) atoms. The number of aliphatic carboxylic acids is 1. The Morgan fingerprint density at radius 3 is 2.08 bits per heavy atom. The van der Waals surface area contributed by atoms with E-state index in [1.54, 1.807) is 0 Å². The van der Waals surface area contributed by atoms with Crippen molar-refractivity contribution in [2.24, 2.45) is 0 Å². The molecule has 0 spiro atoms. The molecule has 0 radical (unpaired) electrons. The second-order valence-corrected chi connectivity index (χ2v) is 4.80. The van der Waals surface area contributed by atoms with E-state index < -0.39 is 19.1 Å². The maximum atomic E-state index is 10.6. The molecule has 0 aromatic carbocycles. The minimum absolute atomic E-state index is 0. The van der Waals surface area contributed by atoms with Crippen LogP contribution < -0.4 is 0 Å². The Labute approximate surface area is 91.9 Å². The van der Waals surface area contributed by atoms with E-state index in [1.807, 2.05) is 0 Å². The van der Waals surface area contributed by atoms with Crippen molar-refractivity contribution in [3.8, 4) is 0 Å². The van der Waals surface area contributed by atoms with Crippen molar-refractivity contribution in [1.82, 2.24) is 0 Å². The van der Waals surface area contributed by atoms with Gasteiger partial charge in [-0.15, -0.1) is 0 Å². The topological polar surface area (TPSA) is 91.7 Å². The fraction of sp³-hybridized carbons (Fsp3) is 0.600. The zero-order valence-electron chi connectivity index (χ0n) is 5.98. The van der Waals surface area contributed by atoms with E-state index in [1.165, 1.54) is 0 Å². The van der Waals surface area contributed by atoms with E-state index in [9.17, 15) is 14.2 Å². The SMILES string of the molecule is CP(=O)(O)CCC(=O)C(=O)O.[NaH]. The Morgan fingerprint density at radius 2 is 1.83 bits per heavy atom. The fourth-order valence-corrected chi connectivity index (χ4v) is 1.03. The van der Waals surface area contributed by atoms with Gasteiger partial charge in [-0.05, 0) is 0 Å². The Morgan fingerprint density at radius 1 is 1.42 bits per heavy atom. The van der Waals surface area contributed by atoms with Crippen LogP contribution in [0.4, 0.5) is 0 Å². The molecule has 66 valence electrons. The van der Waals surface area contributed by atoms with Gasteiger partial charge < -0.3 is 10.00 Å². The van der Waals surface area contributed by atoms with Crippen LogP contribution in [-0.2, 0) is 14.2 Å². The van der Waals surface area contributed by atoms with Gasteiger partial charge in [-0.1, -0.05) is 0 Å². The molecule has 0 aliphatic carbocycles. The van der Waals surface area contributed by atoms with Crippen molar-refractivity contribution < 1.29 is 24.2 Å². The first kappa shape index (κ1) is 14.8. The zero-order chi connectivity index (χ0) is 9.07. The van der Waals surface area contributed by atoms with Gasteiger partial charge in [0.2, 0.25) is 5.78 Å². The van der Waals surface area contributed by atoms with Crippen molar-refractivity contribution in [2.75, 3.05) is 12.8 Å². The number of ketones is 1. The average Bonchev–Trinajstić information content (AvgIpc) is 1.80. The van der Waals surface area contributed by atoms with E-state index in [4.69, 9.17) is 10.00 Å². The number of rotatable bonds is 4. The van der Waals surface area contributed by atoms with Crippen LogP contribution in [0.3, 0.4) is 0 Å². The maximum absolute atomic E-state index is 10.6. The number of carbonyl (C=O) groups excluding carboxylic acids is 1. The third-order valence-electron chi connectivity index (χ3n) is 0.992. The summed E-state index contributed by atoms with van der Waals surface area (Å²) in [6, 6.07) is 0. The predicted molar refractivity (Wildman–Crippen MR) is 45.0 cm³/mol. The van der Waals surface area contributed by atoms with Crippen LogP contribution in [0.15, 0.2) is 0 Å². The molecule has 0 fully saturated rings. The molecule has 0 aromatic rings. The van der Waals surface area contributed by atoms with Gasteiger partial charge in [0.1, 0.15) is 0 Å². The van der Waals surface area contributed by atoms with Crippen molar-refractivity contribution in [3.05, 3.63) is 0 Å². The van der Waals surface area contributed by atoms with Crippen LogP contribution in [0.25, 0.3) is 0 Å². The first-order valence-electron chi connectivity index (χ1n) is 2.88. The molecule has 5 nitrogen and oxygen atoms in total. The standard InChI is InChI=1S/C5H9O5P.Na.H/c1-11(9,10)3-2-4(6)5(7)8;;/h2-3H2,1H3,(H,7,8)(H,9,10);;. The van der Waals surface area contributed by atoms with Crippen LogP contribution in [-0.4, -0.2) is 64.1 Å². The number of hydrogen-bond acceptors (Lipinski definition) is 3. The molecule has 0 aliphatic heterocycles. The molecule has 0 aliphatic rings. The second kappa shape index (κ2) is 5.89. The summed E-state index contributed by atoms with van der Waals surface area (Å²) in [5.41, 5.74) is 0. The van der Waals surface area contributed by atoms with Crippen LogP contribution in [0.1, 0.15) is 6.42 Å². The summed E-state index contributed by atoms with van der Waals surface area (Å²) in [7, 11) is -3.24. The van der Waals surface area contributed by atoms with Crippen molar-refractivity contribution >= 4 is 48.7 Å². The summed E-state index contributed by atoms with van der Waals surface area (Å²) in [5.74, 6) is -2.58. The number of carboxylic acid groups (broad SMARTS) is 1. The summed E-state index contributed by atoms with van der Waals surface area (Å²) in [5, 5.41) is 8.06. The number of carbonyl (C=O) groups is 2. The van der Waals surface area contributed by atoms with E-state index in [0.717, 1.165) is 6.66 Å². The molecule has 0 bridgehead atoms. The van der Waals surface area contributed by atoms with Gasteiger partial charge in [0.25, 0.3) is 0 Å². The van der Waals surface area contributed by atoms with Gasteiger partial charge in [-0.3, -0.25) is 9.36 Å². The first-order chi connectivity index (χ1) is 4.83. The summed E-state index contributed by atoms with van der Waals surface area (Å²) in [4.78, 5) is 28.9. The normalized spacial score (nSPS) is 14.2. The Balaban J connectivity index is 0. The molecular formula is C5H10NaO5P. The summed E-state index contributed by atoms with van der Waals surface area (Å²) in [6.45, 7) is 1.09. The third-order valence-corrected chi connectivity index (χ3v) is 2.05. The molecule has 0 amide bonds. The van der Waals surface area contributed by atoms with Crippen molar-refractivity contribution in [1.29, 1.82) is 0 Å². The van der Waals surface area contributed by atoms with Crippen molar-refractivity contribution in [2.45, 2.75) is 6.42 Å². The van der Waals surface area contributed by atoms with Gasteiger partial charge >= 0.3 is 35.5 Å². The van der Waals surface area contributed by atoms with Gasteiger partial charge in [0.05, 0.1) is 0 Å². The summed E-state index contributed by atoms with van der Waals surface area (Å²) in [6.07, 6.45) is -0.641. The van der Waals surface area contributed by atoms with Gasteiger partial charge in [0, 0.05) is 19.2 Å². The van der Waals surface area contributed by atoms with Crippen LogP contribution in [0.2, 0.25) is 0 Å². The van der Waals surface area contributed by atoms with E-state index >= 15 is 0 Å². The first-order valence-corrected chi connectivity index (χ1v) is 5.17. The van der Waals surface area contributed by atoms with Crippen molar-refractivity contribution in [3.63, 3.8) is 0 Å². The molecule has 0 rings (SSSR count). The Hall–Kier alpha value is 0.330. The summed E-state index contributed by atoms with van der Waals surface area (Å²) >= 11 is 0. The molecule has 0 saturated heterocycles. The summed E-state index contributed by atoms with van der Waals surface area (Å²) < 4.78 is 10.6. The molecular weight excluding hydrogens is 194 g/mol.